The number of carbonyl (C=O) groups excluding carboxylic acids is 1. The van der Waals surface area contributed by atoms with Gasteiger partial charge in [0, 0.05) is 11.3 Å². The topological polar surface area (TPSA) is 74.6 Å². The lowest BCUT2D eigenvalue weighted by atomic mass is 10.0. The number of pyridine rings is 1. The summed E-state index contributed by atoms with van der Waals surface area (Å²) in [6, 6.07) is 11.7. The van der Waals surface area contributed by atoms with Crippen LogP contribution in [-0.2, 0) is 24.4 Å². The number of aromatic nitrogens is 1. The molecule has 1 aliphatic heterocycles. The highest BCUT2D eigenvalue weighted by Crippen LogP contribution is 2.23. The van der Waals surface area contributed by atoms with Crippen molar-refractivity contribution in [2.45, 2.75) is 39.5 Å². The van der Waals surface area contributed by atoms with E-state index in [9.17, 15) is 9.90 Å². The summed E-state index contributed by atoms with van der Waals surface area (Å²) >= 11 is 0. The van der Waals surface area contributed by atoms with Gasteiger partial charge in [0.25, 0.3) is 0 Å². The molecule has 0 saturated carbocycles. The lowest BCUT2D eigenvalue weighted by Crippen LogP contribution is -2.28. The summed E-state index contributed by atoms with van der Waals surface area (Å²) in [5.74, 6) is -0.0849. The number of aliphatic hydroxyl groups excluding tert-OH is 1. The van der Waals surface area contributed by atoms with Crippen molar-refractivity contribution in [3.05, 3.63) is 64.5 Å². The predicted molar refractivity (Wildman–Crippen MR) is 92.8 cm³/mol. The van der Waals surface area contributed by atoms with Crippen LogP contribution < -0.4 is 5.32 Å². The number of nitrogens with one attached hydrogen (secondary N) is 1. The Morgan fingerprint density at radius 1 is 1.33 bits per heavy atom. The number of nitrogens with zero attached hydrogens (tertiary/aromatic N) is 2. The Labute approximate surface area is 141 Å². The first-order valence-corrected chi connectivity index (χ1v) is 8.06. The van der Waals surface area contributed by atoms with Crippen LogP contribution >= 0.6 is 0 Å². The second kappa shape index (κ2) is 6.93. The number of fused-ring (bicyclic) bond motifs is 1. The molecule has 1 aromatic heterocycles. The molecule has 0 bridgehead atoms. The van der Waals surface area contributed by atoms with Crippen molar-refractivity contribution < 1.29 is 9.90 Å². The summed E-state index contributed by atoms with van der Waals surface area (Å²) in [5.41, 5.74) is 5.19. The van der Waals surface area contributed by atoms with Gasteiger partial charge in [-0.15, -0.1) is 0 Å². The third-order valence-electron chi connectivity index (χ3n) is 4.25. The fraction of sp³-hybridized carbons (Fsp3) is 0.316. The number of rotatable bonds is 5. The van der Waals surface area contributed by atoms with E-state index in [0.717, 1.165) is 22.4 Å². The molecule has 0 spiro atoms. The van der Waals surface area contributed by atoms with Gasteiger partial charge >= 0.3 is 0 Å². The average molecular weight is 323 g/mol. The van der Waals surface area contributed by atoms with Gasteiger partial charge in [0.2, 0.25) is 5.91 Å². The summed E-state index contributed by atoms with van der Waals surface area (Å²) in [6.07, 6.45) is 0.191. The van der Waals surface area contributed by atoms with Crippen molar-refractivity contribution in [2.24, 2.45) is 4.99 Å². The maximum atomic E-state index is 12.3. The Bertz CT molecular complexity index is 785. The minimum Gasteiger partial charge on any atom is -0.390 e. The van der Waals surface area contributed by atoms with Gasteiger partial charge in [-0.1, -0.05) is 30.3 Å². The number of aliphatic imine (C=N–C) groups is 1. The first-order chi connectivity index (χ1) is 11.6. The molecule has 2 heterocycles. The van der Waals surface area contributed by atoms with E-state index in [4.69, 9.17) is 0 Å². The highest BCUT2D eigenvalue weighted by atomic mass is 16.3. The Morgan fingerprint density at radius 3 is 2.79 bits per heavy atom. The van der Waals surface area contributed by atoms with Gasteiger partial charge < -0.3 is 10.4 Å². The summed E-state index contributed by atoms with van der Waals surface area (Å²) in [5, 5.41) is 12.5. The molecule has 2 N–H and O–H groups in total. The van der Waals surface area contributed by atoms with Gasteiger partial charge in [-0.05, 0) is 31.0 Å². The average Bonchev–Trinajstić information content (AvgIpc) is 2.96. The molecule has 1 atom stereocenters. The van der Waals surface area contributed by atoms with Gasteiger partial charge in [0.15, 0.2) is 0 Å². The highest BCUT2D eigenvalue weighted by Gasteiger charge is 2.20. The molecule has 0 saturated heterocycles. The lowest BCUT2D eigenvalue weighted by molar-refractivity contribution is -0.121. The molecule has 5 nitrogen and oxygen atoms in total. The zero-order chi connectivity index (χ0) is 17.1. The lowest BCUT2D eigenvalue weighted by Gasteiger charge is -2.15. The molecule has 5 heteroatoms. The summed E-state index contributed by atoms with van der Waals surface area (Å²) in [6.45, 7) is 4.32. The minimum atomic E-state index is -0.148. The maximum absolute atomic E-state index is 12.3. The van der Waals surface area contributed by atoms with Crippen LogP contribution in [0.2, 0.25) is 0 Å². The molecule has 1 amide bonds. The number of carbonyl (C=O) groups is 1. The largest absolute Gasteiger partial charge is 0.390 e. The third kappa shape index (κ3) is 3.36. The third-order valence-corrected chi connectivity index (χ3v) is 4.25. The van der Waals surface area contributed by atoms with Crippen LogP contribution in [0, 0.1) is 0 Å². The van der Waals surface area contributed by atoms with Gasteiger partial charge in [0.05, 0.1) is 37.0 Å². The van der Waals surface area contributed by atoms with Crippen molar-refractivity contribution in [1.29, 1.82) is 0 Å². The van der Waals surface area contributed by atoms with Crippen LogP contribution in [0.5, 0.6) is 0 Å². The molecular formula is C19H21N3O2. The molecule has 2 aromatic rings. The summed E-state index contributed by atoms with van der Waals surface area (Å²) in [7, 11) is 0. The number of amides is 1. The molecular weight excluding hydrogens is 302 g/mol. The zero-order valence-electron chi connectivity index (χ0n) is 13.9. The van der Waals surface area contributed by atoms with Crippen LogP contribution in [0.1, 0.15) is 48.0 Å². The Morgan fingerprint density at radius 2 is 2.08 bits per heavy atom. The second-order valence-corrected chi connectivity index (χ2v) is 6.03. The number of hydrogen-bond donors (Lipinski definition) is 2. The Kier molecular flexibility index (Phi) is 4.71. The van der Waals surface area contributed by atoms with E-state index in [0.29, 0.717) is 17.9 Å². The zero-order valence-corrected chi connectivity index (χ0v) is 13.9. The van der Waals surface area contributed by atoms with E-state index < -0.39 is 0 Å². The Hall–Kier alpha value is -2.53. The van der Waals surface area contributed by atoms with Gasteiger partial charge in [-0.3, -0.25) is 14.8 Å². The van der Waals surface area contributed by atoms with E-state index in [1.54, 1.807) is 0 Å². The van der Waals surface area contributed by atoms with E-state index in [2.05, 4.69) is 15.3 Å². The first-order valence-electron chi connectivity index (χ1n) is 8.06. The van der Waals surface area contributed by atoms with Crippen LogP contribution in [0.15, 0.2) is 41.4 Å². The standard InChI is InChI=1S/C19H21N3O2/c1-12(14-6-4-3-5-7-14)21-18(24)9-16-8-15-10-20-13(2)19(15)17(11-23)22-16/h3-8,12,23H,9-11H2,1-2H3,(H,21,24)/t12-/m1/s1. The molecule has 0 radical (unpaired) electrons. The van der Waals surface area contributed by atoms with Crippen molar-refractivity contribution in [2.75, 3.05) is 0 Å². The van der Waals surface area contributed by atoms with Crippen molar-refractivity contribution >= 4 is 11.6 Å². The normalized spacial score (nSPS) is 14.0. The van der Waals surface area contributed by atoms with Crippen LogP contribution in [0.4, 0.5) is 0 Å². The molecule has 1 aliphatic rings. The summed E-state index contributed by atoms with van der Waals surface area (Å²) in [4.78, 5) is 21.1. The molecule has 24 heavy (non-hydrogen) atoms. The monoisotopic (exact) mass is 323 g/mol. The maximum Gasteiger partial charge on any atom is 0.226 e. The number of hydrogen-bond acceptors (Lipinski definition) is 4. The van der Waals surface area contributed by atoms with Crippen molar-refractivity contribution in [3.63, 3.8) is 0 Å². The molecule has 3 rings (SSSR count). The quantitative estimate of drug-likeness (QED) is 0.887. The number of aliphatic hydroxyl groups is 1. The van der Waals surface area contributed by atoms with E-state index in [1.807, 2.05) is 50.2 Å². The van der Waals surface area contributed by atoms with Crippen LogP contribution in [0.3, 0.4) is 0 Å². The van der Waals surface area contributed by atoms with Gasteiger partial charge in [0.1, 0.15) is 0 Å². The van der Waals surface area contributed by atoms with Crippen LogP contribution in [0.25, 0.3) is 0 Å². The SMILES string of the molecule is CC1=NCc2cc(CC(=O)N[C@H](C)c3ccccc3)nc(CO)c21. The molecule has 124 valence electrons. The summed E-state index contributed by atoms with van der Waals surface area (Å²) < 4.78 is 0. The van der Waals surface area contributed by atoms with E-state index >= 15 is 0 Å². The molecule has 1 aromatic carbocycles. The second-order valence-electron chi connectivity index (χ2n) is 6.03. The van der Waals surface area contributed by atoms with Crippen molar-refractivity contribution in [1.82, 2.24) is 10.3 Å². The molecule has 0 aliphatic carbocycles. The first kappa shape index (κ1) is 16.3. The van der Waals surface area contributed by atoms with Crippen LogP contribution in [-0.4, -0.2) is 21.7 Å². The highest BCUT2D eigenvalue weighted by molar-refractivity contribution is 6.02. The van der Waals surface area contributed by atoms with Crippen molar-refractivity contribution in [3.8, 4) is 0 Å². The van der Waals surface area contributed by atoms with E-state index in [-0.39, 0.29) is 25.0 Å². The number of benzene rings is 1. The fourth-order valence-electron chi connectivity index (χ4n) is 3.06. The van der Waals surface area contributed by atoms with Gasteiger partial charge in [-0.2, -0.15) is 0 Å². The Balaban J connectivity index is 1.71. The fourth-order valence-corrected chi connectivity index (χ4v) is 3.06. The molecule has 0 fully saturated rings. The van der Waals surface area contributed by atoms with E-state index in [1.165, 1.54) is 0 Å². The smallest absolute Gasteiger partial charge is 0.226 e. The molecule has 0 unspecified atom stereocenters. The predicted octanol–water partition coefficient (Wildman–Crippen LogP) is 2.32. The minimum absolute atomic E-state index is 0.0592. The van der Waals surface area contributed by atoms with Gasteiger partial charge in [-0.25, -0.2) is 0 Å².